The molecular formula is C15H20BN. The zero-order chi connectivity index (χ0) is 12.0. The molecule has 88 valence electrons. The topological polar surface area (TPSA) is 3.24 Å². The third-order valence-electron chi connectivity index (χ3n) is 4.42. The first-order valence-electron chi connectivity index (χ1n) is 6.70. The number of rotatable bonds is 1. The van der Waals surface area contributed by atoms with Crippen LogP contribution in [-0.2, 0) is 6.42 Å². The van der Waals surface area contributed by atoms with Crippen molar-refractivity contribution in [1.29, 1.82) is 0 Å². The molecule has 0 bridgehead atoms. The number of fused-ring (bicyclic) bond motifs is 1. The molecule has 1 atom stereocenters. The van der Waals surface area contributed by atoms with E-state index in [0.717, 1.165) is 11.5 Å². The number of nitrogens with zero attached hydrogens (tertiary/aromatic N) is 1. The van der Waals surface area contributed by atoms with Crippen LogP contribution in [0.3, 0.4) is 0 Å². The molecule has 3 rings (SSSR count). The van der Waals surface area contributed by atoms with Crippen LogP contribution in [-0.4, -0.2) is 20.4 Å². The van der Waals surface area contributed by atoms with Crippen molar-refractivity contribution in [3.8, 4) is 0 Å². The molecule has 1 nitrogen and oxygen atoms in total. The molecule has 1 unspecified atom stereocenters. The molecule has 2 aliphatic rings. The number of benzene rings is 1. The summed E-state index contributed by atoms with van der Waals surface area (Å²) < 4.78 is 0. The largest absolute Gasteiger partial charge is 0.368 e. The van der Waals surface area contributed by atoms with Crippen LogP contribution in [0, 0.1) is 5.41 Å². The van der Waals surface area contributed by atoms with Gasteiger partial charge in [-0.2, -0.15) is 0 Å². The summed E-state index contributed by atoms with van der Waals surface area (Å²) in [6, 6.07) is 7.12. The van der Waals surface area contributed by atoms with E-state index in [1.54, 1.807) is 0 Å². The maximum atomic E-state index is 5.92. The molecule has 0 aromatic heterocycles. The molecule has 1 heterocycles. The summed E-state index contributed by atoms with van der Waals surface area (Å²) in [4.78, 5) is 2.60. The van der Waals surface area contributed by atoms with Crippen molar-refractivity contribution in [3.63, 3.8) is 0 Å². The molecule has 0 saturated heterocycles. The Balaban J connectivity index is 1.86. The summed E-state index contributed by atoms with van der Waals surface area (Å²) in [5.41, 5.74) is 4.29. The normalized spacial score (nSPS) is 26.2. The molecule has 0 N–H and O–H groups in total. The zero-order valence-electron chi connectivity index (χ0n) is 10.9. The molecule has 17 heavy (non-hydrogen) atoms. The fraction of sp³-hybridized carbons (Fsp3) is 0.600. The van der Waals surface area contributed by atoms with Crippen LogP contribution < -0.4 is 10.4 Å². The molecule has 1 fully saturated rings. The Labute approximate surface area is 106 Å². The Morgan fingerprint density at radius 2 is 2.18 bits per heavy atom. The van der Waals surface area contributed by atoms with Crippen molar-refractivity contribution in [2.24, 2.45) is 5.41 Å². The van der Waals surface area contributed by atoms with Gasteiger partial charge in [-0.3, -0.25) is 0 Å². The van der Waals surface area contributed by atoms with Gasteiger partial charge in [-0.05, 0) is 42.7 Å². The van der Waals surface area contributed by atoms with E-state index in [9.17, 15) is 0 Å². The Kier molecular flexibility index (Phi) is 2.50. The van der Waals surface area contributed by atoms with Crippen molar-refractivity contribution in [2.75, 3.05) is 11.4 Å². The minimum absolute atomic E-state index is 0.522. The lowest BCUT2D eigenvalue weighted by atomic mass is 9.91. The number of anilines is 1. The van der Waals surface area contributed by atoms with Gasteiger partial charge < -0.3 is 4.90 Å². The van der Waals surface area contributed by atoms with E-state index in [4.69, 9.17) is 7.85 Å². The van der Waals surface area contributed by atoms with Gasteiger partial charge in [-0.25, -0.2) is 0 Å². The van der Waals surface area contributed by atoms with Crippen LogP contribution >= 0.6 is 0 Å². The smallest absolute Gasteiger partial charge is 0.113 e. The van der Waals surface area contributed by atoms with Crippen molar-refractivity contribution in [1.82, 2.24) is 0 Å². The predicted molar refractivity (Wildman–Crippen MR) is 74.3 cm³/mol. The van der Waals surface area contributed by atoms with E-state index in [-0.39, 0.29) is 0 Å². The fourth-order valence-corrected chi connectivity index (χ4v) is 3.47. The summed E-state index contributed by atoms with van der Waals surface area (Å²) >= 11 is 0. The first-order valence-corrected chi connectivity index (χ1v) is 6.70. The number of hydrogen-bond acceptors (Lipinski definition) is 1. The molecule has 2 radical (unpaired) electrons. The van der Waals surface area contributed by atoms with Gasteiger partial charge in [0.2, 0.25) is 0 Å². The van der Waals surface area contributed by atoms with Crippen LogP contribution in [0.25, 0.3) is 0 Å². The van der Waals surface area contributed by atoms with Crippen LogP contribution in [0.1, 0.15) is 38.7 Å². The van der Waals surface area contributed by atoms with Crippen molar-refractivity contribution in [2.45, 2.75) is 45.6 Å². The lowest BCUT2D eigenvalue weighted by Gasteiger charge is -2.28. The van der Waals surface area contributed by atoms with Gasteiger partial charge in [0.25, 0.3) is 0 Å². The highest BCUT2D eigenvalue weighted by Gasteiger charge is 2.36. The quantitative estimate of drug-likeness (QED) is 0.663. The maximum absolute atomic E-state index is 5.92. The highest BCUT2D eigenvalue weighted by Crippen LogP contribution is 2.42. The molecule has 1 aromatic carbocycles. The van der Waals surface area contributed by atoms with E-state index in [2.05, 4.69) is 30.9 Å². The van der Waals surface area contributed by atoms with Crippen molar-refractivity contribution in [3.05, 3.63) is 23.8 Å². The van der Waals surface area contributed by atoms with Gasteiger partial charge >= 0.3 is 0 Å². The van der Waals surface area contributed by atoms with E-state index < -0.39 is 0 Å². The summed E-state index contributed by atoms with van der Waals surface area (Å²) in [7, 11) is 5.92. The summed E-state index contributed by atoms with van der Waals surface area (Å²) in [6.45, 7) is 5.96. The van der Waals surface area contributed by atoms with E-state index in [1.165, 1.54) is 43.5 Å². The predicted octanol–water partition coefficient (Wildman–Crippen LogP) is 2.42. The van der Waals surface area contributed by atoms with Gasteiger partial charge in [-0.15, -0.1) is 0 Å². The molecule has 0 amide bonds. The molecule has 1 aromatic rings. The molecule has 1 aliphatic carbocycles. The Morgan fingerprint density at radius 3 is 2.88 bits per heavy atom. The summed E-state index contributed by atoms with van der Waals surface area (Å²) in [5, 5.41) is 0. The summed E-state index contributed by atoms with van der Waals surface area (Å²) in [5.74, 6) is 0. The first kappa shape index (κ1) is 11.2. The second kappa shape index (κ2) is 3.79. The Hall–Kier alpha value is -0.915. The van der Waals surface area contributed by atoms with Crippen molar-refractivity contribution < 1.29 is 0 Å². The lowest BCUT2D eigenvalue weighted by molar-refractivity contribution is 0.373. The van der Waals surface area contributed by atoms with Crippen LogP contribution in [0.4, 0.5) is 5.69 Å². The molecular weight excluding hydrogens is 205 g/mol. The van der Waals surface area contributed by atoms with E-state index in [0.29, 0.717) is 5.41 Å². The molecule has 0 spiro atoms. The number of hydrogen-bond donors (Lipinski definition) is 0. The fourth-order valence-electron chi connectivity index (χ4n) is 3.47. The van der Waals surface area contributed by atoms with Crippen LogP contribution in [0.15, 0.2) is 18.2 Å². The highest BCUT2D eigenvalue weighted by molar-refractivity contribution is 6.32. The second-order valence-electron chi connectivity index (χ2n) is 6.39. The minimum atomic E-state index is 0.522. The standard InChI is InChI=1S/C15H20BN/c1-15(2)7-5-13(10-15)17-8-6-11-3-4-12(16)9-14(11)17/h3-4,9,13H,5-8,10H2,1-2H3. The van der Waals surface area contributed by atoms with E-state index >= 15 is 0 Å². The summed E-state index contributed by atoms with van der Waals surface area (Å²) in [6.07, 6.45) is 5.20. The molecule has 1 aliphatic heterocycles. The monoisotopic (exact) mass is 225 g/mol. The zero-order valence-corrected chi connectivity index (χ0v) is 10.9. The van der Waals surface area contributed by atoms with E-state index in [1.807, 2.05) is 6.07 Å². The third kappa shape index (κ3) is 1.98. The first-order chi connectivity index (χ1) is 8.05. The maximum Gasteiger partial charge on any atom is 0.113 e. The van der Waals surface area contributed by atoms with Gasteiger partial charge in [-0.1, -0.05) is 31.4 Å². The average Bonchev–Trinajstić information content (AvgIpc) is 2.81. The SMILES string of the molecule is [B]c1ccc2c(c1)N(C1CCC(C)(C)C1)CC2. The van der Waals surface area contributed by atoms with Crippen LogP contribution in [0.5, 0.6) is 0 Å². The van der Waals surface area contributed by atoms with Gasteiger partial charge in [0.1, 0.15) is 7.85 Å². The highest BCUT2D eigenvalue weighted by atomic mass is 15.2. The van der Waals surface area contributed by atoms with Crippen LogP contribution in [0.2, 0.25) is 0 Å². The minimum Gasteiger partial charge on any atom is -0.368 e. The van der Waals surface area contributed by atoms with Gasteiger partial charge in [0, 0.05) is 18.3 Å². The molecule has 1 saturated carbocycles. The Morgan fingerprint density at radius 1 is 1.35 bits per heavy atom. The average molecular weight is 225 g/mol. The Bertz CT molecular complexity index is 439. The van der Waals surface area contributed by atoms with Gasteiger partial charge in [0.15, 0.2) is 0 Å². The van der Waals surface area contributed by atoms with Crippen molar-refractivity contribution >= 4 is 19.0 Å². The second-order valence-corrected chi connectivity index (χ2v) is 6.39. The molecule has 2 heteroatoms. The van der Waals surface area contributed by atoms with Gasteiger partial charge in [0.05, 0.1) is 0 Å². The lowest BCUT2D eigenvalue weighted by Crippen LogP contribution is -2.32. The third-order valence-corrected chi connectivity index (χ3v) is 4.42.